The first kappa shape index (κ1) is 14.7. The SMILES string of the molecule is CCN(C)CCNC(=O)c1ccc(Br)cc1Br. The van der Waals surface area contributed by atoms with Crippen LogP contribution in [0.15, 0.2) is 27.1 Å². The minimum Gasteiger partial charge on any atom is -0.351 e. The molecule has 1 N–H and O–H groups in total. The maximum Gasteiger partial charge on any atom is 0.252 e. The van der Waals surface area contributed by atoms with E-state index in [-0.39, 0.29) is 5.91 Å². The van der Waals surface area contributed by atoms with E-state index in [9.17, 15) is 4.79 Å². The molecule has 0 aromatic heterocycles. The molecule has 0 aliphatic rings. The average Bonchev–Trinajstić information content (AvgIpc) is 2.28. The largest absolute Gasteiger partial charge is 0.351 e. The van der Waals surface area contributed by atoms with Crippen LogP contribution in [-0.2, 0) is 0 Å². The van der Waals surface area contributed by atoms with Gasteiger partial charge < -0.3 is 10.2 Å². The fourth-order valence-corrected chi connectivity index (χ4v) is 2.51. The molecule has 1 amide bonds. The lowest BCUT2D eigenvalue weighted by Crippen LogP contribution is -2.33. The molecule has 0 saturated heterocycles. The van der Waals surface area contributed by atoms with Gasteiger partial charge in [-0.2, -0.15) is 0 Å². The number of hydrogen-bond acceptors (Lipinski definition) is 2. The smallest absolute Gasteiger partial charge is 0.252 e. The molecule has 0 aliphatic heterocycles. The van der Waals surface area contributed by atoms with E-state index in [4.69, 9.17) is 0 Å². The predicted octanol–water partition coefficient (Wildman–Crippen LogP) is 2.89. The van der Waals surface area contributed by atoms with Gasteiger partial charge in [0.05, 0.1) is 5.56 Å². The number of nitrogens with one attached hydrogen (secondary N) is 1. The topological polar surface area (TPSA) is 32.3 Å². The van der Waals surface area contributed by atoms with E-state index in [0.29, 0.717) is 12.1 Å². The van der Waals surface area contributed by atoms with E-state index in [2.05, 4.69) is 49.0 Å². The van der Waals surface area contributed by atoms with Crippen LogP contribution in [0.5, 0.6) is 0 Å². The van der Waals surface area contributed by atoms with Crippen molar-refractivity contribution in [2.75, 3.05) is 26.7 Å². The van der Waals surface area contributed by atoms with Crippen LogP contribution in [0.3, 0.4) is 0 Å². The first-order valence-corrected chi connectivity index (χ1v) is 7.05. The molecular formula is C12H16Br2N2O. The van der Waals surface area contributed by atoms with Crippen LogP contribution >= 0.6 is 31.9 Å². The highest BCUT2D eigenvalue weighted by atomic mass is 79.9. The van der Waals surface area contributed by atoms with Crippen LogP contribution in [0.2, 0.25) is 0 Å². The molecular weight excluding hydrogens is 348 g/mol. The second-order valence-electron chi connectivity index (χ2n) is 3.78. The Balaban J connectivity index is 2.52. The number of carbonyl (C=O) groups excluding carboxylic acids is 1. The fourth-order valence-electron chi connectivity index (χ4n) is 1.29. The minimum absolute atomic E-state index is 0.0473. The summed E-state index contributed by atoms with van der Waals surface area (Å²) in [6.45, 7) is 4.59. The molecule has 0 atom stereocenters. The van der Waals surface area contributed by atoms with Gasteiger partial charge in [0, 0.05) is 22.0 Å². The van der Waals surface area contributed by atoms with Crippen LogP contribution in [0, 0.1) is 0 Å². The molecule has 0 fully saturated rings. The molecule has 1 aromatic carbocycles. The summed E-state index contributed by atoms with van der Waals surface area (Å²) in [6, 6.07) is 5.53. The molecule has 3 nitrogen and oxygen atoms in total. The zero-order valence-corrected chi connectivity index (χ0v) is 13.1. The van der Waals surface area contributed by atoms with Crippen molar-refractivity contribution < 1.29 is 4.79 Å². The van der Waals surface area contributed by atoms with Crippen LogP contribution in [0.4, 0.5) is 0 Å². The summed E-state index contributed by atoms with van der Waals surface area (Å²) >= 11 is 6.74. The number of likely N-dealkylation sites (N-methyl/N-ethyl adjacent to an activating group) is 1. The minimum atomic E-state index is -0.0473. The number of rotatable bonds is 5. The van der Waals surface area contributed by atoms with E-state index in [1.165, 1.54) is 0 Å². The van der Waals surface area contributed by atoms with E-state index < -0.39 is 0 Å². The third kappa shape index (κ3) is 4.77. The zero-order valence-electron chi connectivity index (χ0n) is 9.96. The number of amides is 1. The van der Waals surface area contributed by atoms with Crippen molar-refractivity contribution in [3.05, 3.63) is 32.7 Å². The van der Waals surface area contributed by atoms with Gasteiger partial charge >= 0.3 is 0 Å². The second-order valence-corrected chi connectivity index (χ2v) is 5.55. The Morgan fingerprint density at radius 3 is 2.71 bits per heavy atom. The number of benzene rings is 1. The average molecular weight is 364 g/mol. The number of halogens is 2. The van der Waals surface area contributed by atoms with Crippen LogP contribution < -0.4 is 5.32 Å². The highest BCUT2D eigenvalue weighted by Crippen LogP contribution is 2.21. The zero-order chi connectivity index (χ0) is 12.8. The first-order chi connectivity index (χ1) is 8.04. The number of carbonyl (C=O) groups is 1. The number of nitrogens with zero attached hydrogens (tertiary/aromatic N) is 1. The van der Waals surface area contributed by atoms with Crippen LogP contribution in [0.25, 0.3) is 0 Å². The molecule has 1 rings (SSSR count). The van der Waals surface area contributed by atoms with E-state index >= 15 is 0 Å². The van der Waals surface area contributed by atoms with Crippen molar-refractivity contribution in [2.45, 2.75) is 6.92 Å². The normalized spacial score (nSPS) is 10.6. The van der Waals surface area contributed by atoms with Gasteiger partial charge in [0.1, 0.15) is 0 Å². The third-order valence-corrected chi connectivity index (χ3v) is 3.64. The van der Waals surface area contributed by atoms with Gasteiger partial charge in [0.2, 0.25) is 0 Å². The molecule has 0 aliphatic carbocycles. The molecule has 17 heavy (non-hydrogen) atoms. The van der Waals surface area contributed by atoms with Crippen molar-refractivity contribution in [1.29, 1.82) is 0 Å². The highest BCUT2D eigenvalue weighted by molar-refractivity contribution is 9.11. The second kappa shape index (κ2) is 7.13. The Bertz CT molecular complexity index is 396. The van der Waals surface area contributed by atoms with Crippen molar-refractivity contribution in [2.24, 2.45) is 0 Å². The van der Waals surface area contributed by atoms with Gasteiger partial charge in [-0.25, -0.2) is 0 Å². The number of hydrogen-bond donors (Lipinski definition) is 1. The molecule has 0 saturated carbocycles. The quantitative estimate of drug-likeness (QED) is 0.872. The van der Waals surface area contributed by atoms with E-state index in [1.807, 2.05) is 19.2 Å². The van der Waals surface area contributed by atoms with E-state index in [1.54, 1.807) is 6.07 Å². The lowest BCUT2D eigenvalue weighted by atomic mass is 10.2. The molecule has 0 unspecified atom stereocenters. The van der Waals surface area contributed by atoms with Crippen molar-refractivity contribution in [3.8, 4) is 0 Å². The summed E-state index contributed by atoms with van der Waals surface area (Å²) in [4.78, 5) is 14.0. The Morgan fingerprint density at radius 1 is 1.41 bits per heavy atom. The Labute approximate surface area is 119 Å². The summed E-state index contributed by atoms with van der Waals surface area (Å²) in [6.07, 6.45) is 0. The fraction of sp³-hybridized carbons (Fsp3) is 0.417. The van der Waals surface area contributed by atoms with Gasteiger partial charge in [0.15, 0.2) is 0 Å². The van der Waals surface area contributed by atoms with Gasteiger partial charge in [-0.05, 0) is 47.7 Å². The van der Waals surface area contributed by atoms with Gasteiger partial charge in [-0.1, -0.05) is 22.9 Å². The molecule has 0 heterocycles. The Kier molecular flexibility index (Phi) is 6.16. The Morgan fingerprint density at radius 2 is 2.12 bits per heavy atom. The summed E-state index contributed by atoms with van der Waals surface area (Å²) in [5.41, 5.74) is 0.660. The highest BCUT2D eigenvalue weighted by Gasteiger charge is 2.09. The van der Waals surface area contributed by atoms with Crippen LogP contribution in [0.1, 0.15) is 17.3 Å². The van der Waals surface area contributed by atoms with E-state index in [0.717, 1.165) is 22.0 Å². The summed E-state index contributed by atoms with van der Waals surface area (Å²) in [7, 11) is 2.03. The van der Waals surface area contributed by atoms with Crippen molar-refractivity contribution >= 4 is 37.8 Å². The Hall–Kier alpha value is -0.390. The summed E-state index contributed by atoms with van der Waals surface area (Å²) < 4.78 is 1.75. The van der Waals surface area contributed by atoms with Gasteiger partial charge in [0.25, 0.3) is 5.91 Å². The third-order valence-electron chi connectivity index (χ3n) is 2.49. The lowest BCUT2D eigenvalue weighted by Gasteiger charge is -2.14. The van der Waals surface area contributed by atoms with Gasteiger partial charge in [-0.15, -0.1) is 0 Å². The molecule has 0 radical (unpaired) electrons. The summed E-state index contributed by atoms with van der Waals surface area (Å²) in [5.74, 6) is -0.0473. The van der Waals surface area contributed by atoms with Gasteiger partial charge in [-0.3, -0.25) is 4.79 Å². The molecule has 1 aromatic rings. The van der Waals surface area contributed by atoms with Crippen molar-refractivity contribution in [1.82, 2.24) is 10.2 Å². The van der Waals surface area contributed by atoms with Crippen molar-refractivity contribution in [3.63, 3.8) is 0 Å². The maximum absolute atomic E-state index is 11.9. The summed E-state index contributed by atoms with van der Waals surface area (Å²) in [5, 5.41) is 2.90. The standard InChI is InChI=1S/C12H16Br2N2O/c1-3-16(2)7-6-15-12(17)10-5-4-9(13)8-11(10)14/h4-5,8H,3,6-7H2,1-2H3,(H,15,17). The maximum atomic E-state index is 11.9. The van der Waals surface area contributed by atoms with Crippen LogP contribution in [-0.4, -0.2) is 37.5 Å². The molecule has 94 valence electrons. The lowest BCUT2D eigenvalue weighted by molar-refractivity contribution is 0.0949. The monoisotopic (exact) mass is 362 g/mol. The predicted molar refractivity (Wildman–Crippen MR) is 77.3 cm³/mol. The molecule has 0 bridgehead atoms. The first-order valence-electron chi connectivity index (χ1n) is 5.46. The molecule has 5 heteroatoms. The molecule has 0 spiro atoms.